The lowest BCUT2D eigenvalue weighted by Gasteiger charge is -2.37. The number of hydrogen-bond donors (Lipinski definition) is 1. The van der Waals surface area contributed by atoms with Gasteiger partial charge in [-0.05, 0) is 70.3 Å². The molecule has 2 aliphatic heterocycles. The quantitative estimate of drug-likeness (QED) is 0.854. The van der Waals surface area contributed by atoms with Gasteiger partial charge in [-0.1, -0.05) is 6.07 Å². The summed E-state index contributed by atoms with van der Waals surface area (Å²) >= 11 is 0. The van der Waals surface area contributed by atoms with Crippen LogP contribution in [0.3, 0.4) is 0 Å². The first kappa shape index (κ1) is 15.3. The minimum atomic E-state index is 0.169. The molecule has 0 unspecified atom stereocenters. The highest BCUT2D eigenvalue weighted by molar-refractivity contribution is 5.97. The molecule has 1 aromatic carbocycles. The van der Waals surface area contributed by atoms with Crippen molar-refractivity contribution in [3.05, 3.63) is 23.8 Å². The summed E-state index contributed by atoms with van der Waals surface area (Å²) < 4.78 is 0. The predicted octanol–water partition coefficient (Wildman–Crippen LogP) is 2.67. The molecule has 0 atom stereocenters. The van der Waals surface area contributed by atoms with Crippen LogP contribution in [0.25, 0.3) is 0 Å². The maximum atomic E-state index is 13.0. The van der Waals surface area contributed by atoms with Gasteiger partial charge in [-0.3, -0.25) is 4.79 Å². The number of fused-ring (bicyclic) bond motifs is 1. The van der Waals surface area contributed by atoms with E-state index >= 15 is 0 Å². The Bertz CT molecular complexity index is 547. The Balaban J connectivity index is 1.74. The molecule has 1 aromatic rings. The lowest BCUT2D eigenvalue weighted by Crippen LogP contribution is -2.45. The predicted molar refractivity (Wildman–Crippen MR) is 91.0 cm³/mol. The van der Waals surface area contributed by atoms with E-state index in [9.17, 15) is 4.79 Å². The van der Waals surface area contributed by atoms with Gasteiger partial charge >= 0.3 is 0 Å². The Morgan fingerprint density at radius 1 is 1.23 bits per heavy atom. The summed E-state index contributed by atoms with van der Waals surface area (Å²) in [5.74, 6) is 0.470. The van der Waals surface area contributed by atoms with Gasteiger partial charge in [-0.2, -0.15) is 0 Å². The fourth-order valence-electron chi connectivity index (χ4n) is 3.76. The van der Waals surface area contributed by atoms with Crippen LogP contribution < -0.4 is 10.6 Å². The number of hydrogen-bond acceptors (Lipinski definition) is 3. The van der Waals surface area contributed by atoms with Crippen LogP contribution in [0.4, 0.5) is 11.4 Å². The van der Waals surface area contributed by atoms with Gasteiger partial charge in [0.15, 0.2) is 0 Å². The normalized spacial score (nSPS) is 20.2. The number of likely N-dealkylation sites (tertiary alicyclic amines) is 1. The minimum absolute atomic E-state index is 0.169. The zero-order chi connectivity index (χ0) is 15.7. The summed E-state index contributed by atoms with van der Waals surface area (Å²) in [4.78, 5) is 17.4. The monoisotopic (exact) mass is 301 g/mol. The Hall–Kier alpha value is -1.55. The molecular formula is C18H27N3O. The van der Waals surface area contributed by atoms with Gasteiger partial charge in [-0.25, -0.2) is 0 Å². The van der Waals surface area contributed by atoms with Crippen molar-refractivity contribution in [2.45, 2.75) is 45.6 Å². The van der Waals surface area contributed by atoms with E-state index in [4.69, 9.17) is 5.73 Å². The Kier molecular flexibility index (Phi) is 4.39. The molecule has 4 heteroatoms. The first-order valence-corrected chi connectivity index (χ1v) is 8.50. The summed E-state index contributed by atoms with van der Waals surface area (Å²) in [5, 5.41) is 0. The molecule has 0 saturated carbocycles. The van der Waals surface area contributed by atoms with Crippen LogP contribution in [0.5, 0.6) is 0 Å². The van der Waals surface area contributed by atoms with Crippen LogP contribution in [0.2, 0.25) is 0 Å². The maximum Gasteiger partial charge on any atom is 0.230 e. The lowest BCUT2D eigenvalue weighted by molar-refractivity contribution is -0.124. The molecule has 1 fully saturated rings. The second-order valence-corrected chi connectivity index (χ2v) is 6.84. The molecule has 2 heterocycles. The summed E-state index contributed by atoms with van der Waals surface area (Å²) in [6, 6.07) is 6.52. The smallest absolute Gasteiger partial charge is 0.230 e. The van der Waals surface area contributed by atoms with E-state index < -0.39 is 0 Å². The summed E-state index contributed by atoms with van der Waals surface area (Å²) in [6.45, 7) is 7.36. The number of nitrogens with zero attached hydrogens (tertiary/aromatic N) is 2. The molecule has 22 heavy (non-hydrogen) atoms. The number of piperidine rings is 1. The molecule has 0 aromatic heterocycles. The van der Waals surface area contributed by atoms with Crippen molar-refractivity contribution >= 4 is 17.3 Å². The minimum Gasteiger partial charge on any atom is -0.398 e. The number of nitrogens with two attached hydrogens (primary N) is 1. The van der Waals surface area contributed by atoms with Crippen molar-refractivity contribution in [2.75, 3.05) is 30.3 Å². The van der Waals surface area contributed by atoms with Crippen LogP contribution >= 0.6 is 0 Å². The van der Waals surface area contributed by atoms with Crippen molar-refractivity contribution in [2.24, 2.45) is 5.92 Å². The van der Waals surface area contributed by atoms with E-state index in [0.717, 1.165) is 62.3 Å². The van der Waals surface area contributed by atoms with E-state index in [2.05, 4.69) is 18.7 Å². The van der Waals surface area contributed by atoms with E-state index in [1.807, 2.05) is 23.1 Å². The number of amides is 1. The molecule has 120 valence electrons. The Morgan fingerprint density at radius 2 is 1.95 bits per heavy atom. The van der Waals surface area contributed by atoms with Gasteiger partial charge in [0.2, 0.25) is 5.91 Å². The zero-order valence-corrected chi connectivity index (χ0v) is 13.7. The summed E-state index contributed by atoms with van der Waals surface area (Å²) in [6.07, 6.45) is 3.95. The van der Waals surface area contributed by atoms with E-state index in [-0.39, 0.29) is 5.92 Å². The third kappa shape index (κ3) is 2.84. The third-order valence-electron chi connectivity index (χ3n) is 5.16. The molecule has 2 N–H and O–H groups in total. The molecule has 0 bridgehead atoms. The van der Waals surface area contributed by atoms with Gasteiger partial charge in [0.25, 0.3) is 0 Å². The van der Waals surface area contributed by atoms with Crippen molar-refractivity contribution < 1.29 is 4.79 Å². The molecule has 1 amide bonds. The lowest BCUT2D eigenvalue weighted by atomic mass is 9.92. The van der Waals surface area contributed by atoms with Crippen LogP contribution in [0, 0.1) is 5.92 Å². The summed E-state index contributed by atoms with van der Waals surface area (Å²) in [7, 11) is 0. The fraction of sp³-hybridized carbons (Fsp3) is 0.611. The molecular weight excluding hydrogens is 274 g/mol. The first-order chi connectivity index (χ1) is 10.6. The SMILES string of the molecule is CC(C)N1CCC(C(=O)N2CCCc3c(N)cccc32)CC1. The number of carbonyl (C=O) groups excluding carboxylic acids is 1. The second kappa shape index (κ2) is 6.29. The van der Waals surface area contributed by atoms with Crippen LogP contribution in [0.15, 0.2) is 18.2 Å². The average molecular weight is 301 g/mol. The van der Waals surface area contributed by atoms with Crippen molar-refractivity contribution in [1.29, 1.82) is 0 Å². The molecule has 4 nitrogen and oxygen atoms in total. The second-order valence-electron chi connectivity index (χ2n) is 6.84. The van der Waals surface area contributed by atoms with Gasteiger partial charge < -0.3 is 15.5 Å². The van der Waals surface area contributed by atoms with E-state index in [1.54, 1.807) is 0 Å². The third-order valence-corrected chi connectivity index (χ3v) is 5.16. The van der Waals surface area contributed by atoms with Gasteiger partial charge in [0, 0.05) is 29.9 Å². The van der Waals surface area contributed by atoms with Crippen molar-refractivity contribution in [3.63, 3.8) is 0 Å². The van der Waals surface area contributed by atoms with Gasteiger partial charge in [0.05, 0.1) is 0 Å². The Labute approximate surface area is 133 Å². The molecule has 0 radical (unpaired) electrons. The van der Waals surface area contributed by atoms with Crippen LogP contribution in [-0.4, -0.2) is 36.5 Å². The van der Waals surface area contributed by atoms with E-state index in [1.165, 1.54) is 0 Å². The highest BCUT2D eigenvalue weighted by Crippen LogP contribution is 2.33. The average Bonchev–Trinajstić information content (AvgIpc) is 2.54. The zero-order valence-electron chi connectivity index (χ0n) is 13.7. The highest BCUT2D eigenvalue weighted by atomic mass is 16.2. The highest BCUT2D eigenvalue weighted by Gasteiger charge is 2.32. The van der Waals surface area contributed by atoms with Crippen LogP contribution in [-0.2, 0) is 11.2 Å². The molecule has 0 aliphatic carbocycles. The standard InChI is InChI=1S/C18H27N3O/c1-13(2)20-11-8-14(9-12-20)18(22)21-10-4-5-15-16(19)6-3-7-17(15)21/h3,6-7,13-14H,4-5,8-12,19H2,1-2H3. The topological polar surface area (TPSA) is 49.6 Å². The van der Waals surface area contributed by atoms with Crippen LogP contribution in [0.1, 0.15) is 38.7 Å². The van der Waals surface area contributed by atoms with Gasteiger partial charge in [0.1, 0.15) is 0 Å². The largest absolute Gasteiger partial charge is 0.398 e. The van der Waals surface area contributed by atoms with E-state index in [0.29, 0.717) is 11.9 Å². The fourth-order valence-corrected chi connectivity index (χ4v) is 3.76. The number of carbonyl (C=O) groups is 1. The number of benzene rings is 1. The van der Waals surface area contributed by atoms with Gasteiger partial charge in [-0.15, -0.1) is 0 Å². The van der Waals surface area contributed by atoms with Crippen molar-refractivity contribution in [3.8, 4) is 0 Å². The Morgan fingerprint density at radius 3 is 2.64 bits per heavy atom. The number of anilines is 2. The molecule has 3 rings (SSSR count). The maximum absolute atomic E-state index is 13.0. The van der Waals surface area contributed by atoms with Crippen molar-refractivity contribution in [1.82, 2.24) is 4.90 Å². The summed E-state index contributed by atoms with van der Waals surface area (Å²) in [5.41, 5.74) is 9.11. The molecule has 1 saturated heterocycles. The first-order valence-electron chi connectivity index (χ1n) is 8.50. The molecule has 2 aliphatic rings. The number of rotatable bonds is 2. The molecule has 0 spiro atoms. The number of nitrogen functional groups attached to an aromatic ring is 1.